The molecule has 3 nitrogen and oxygen atoms in total. The maximum absolute atomic E-state index is 13.4. The van der Waals surface area contributed by atoms with Gasteiger partial charge in [0.25, 0.3) is 0 Å². The Morgan fingerprint density at radius 1 is 0.960 bits per heavy atom. The molecule has 1 aromatic heterocycles. The molecule has 1 aliphatic heterocycles. The molecule has 0 saturated heterocycles. The van der Waals surface area contributed by atoms with Crippen molar-refractivity contribution in [1.29, 1.82) is 0 Å². The second kappa shape index (κ2) is 5.22. The minimum absolute atomic E-state index is 0.314. The van der Waals surface area contributed by atoms with Crippen molar-refractivity contribution in [3.05, 3.63) is 42.0 Å². The molecule has 136 valence electrons. The minimum atomic E-state index is -4.80. The van der Waals surface area contributed by atoms with Crippen LogP contribution in [0.4, 0.5) is 26.3 Å². The molecule has 3 rings (SSSR count). The molecule has 25 heavy (non-hydrogen) atoms. The summed E-state index contributed by atoms with van der Waals surface area (Å²) in [6.07, 6.45) is -11.9. The summed E-state index contributed by atoms with van der Waals surface area (Å²) in [5.74, 6) is -0.314. The van der Waals surface area contributed by atoms with Crippen molar-refractivity contribution in [2.75, 3.05) is 0 Å². The van der Waals surface area contributed by atoms with Gasteiger partial charge in [-0.1, -0.05) is 32.0 Å². The average molecular weight is 363 g/mol. The smallest absolute Gasteiger partial charge is 0.219 e. The summed E-state index contributed by atoms with van der Waals surface area (Å²) >= 11 is 0. The summed E-state index contributed by atoms with van der Waals surface area (Å²) in [7, 11) is 0. The molecule has 0 unspecified atom stereocenters. The van der Waals surface area contributed by atoms with Crippen molar-refractivity contribution in [3.63, 3.8) is 0 Å². The fraction of sp³-hybridized carbons (Fsp3) is 0.500. The molecule has 9 heteroatoms. The zero-order valence-electron chi connectivity index (χ0n) is 13.4. The normalized spacial score (nSPS) is 18.6. The van der Waals surface area contributed by atoms with Gasteiger partial charge in [0.2, 0.25) is 0 Å². The summed E-state index contributed by atoms with van der Waals surface area (Å²) < 4.78 is 81.2. The third-order valence-corrected chi connectivity index (χ3v) is 4.98. The first-order chi connectivity index (χ1) is 11.4. The van der Waals surface area contributed by atoms with Crippen LogP contribution in [-0.4, -0.2) is 27.1 Å². The molecular weight excluding hydrogens is 348 g/mol. The van der Waals surface area contributed by atoms with E-state index in [2.05, 4.69) is 10.1 Å². The maximum atomic E-state index is 13.4. The van der Waals surface area contributed by atoms with Gasteiger partial charge in [-0.3, -0.25) is 0 Å². The lowest BCUT2D eigenvalue weighted by Gasteiger charge is -2.50. The Hall–Kier alpha value is -2.06. The van der Waals surface area contributed by atoms with Crippen LogP contribution in [0, 0.1) is 0 Å². The topological polar surface area (TPSA) is 30.7 Å². The zero-order valence-corrected chi connectivity index (χ0v) is 13.4. The molecule has 0 atom stereocenters. The number of hydrogen-bond donors (Lipinski definition) is 0. The van der Waals surface area contributed by atoms with Gasteiger partial charge in [-0.15, -0.1) is 0 Å². The fourth-order valence-electron chi connectivity index (χ4n) is 3.82. The first kappa shape index (κ1) is 17.8. The lowest BCUT2D eigenvalue weighted by Crippen LogP contribution is -2.54. The highest BCUT2D eigenvalue weighted by atomic mass is 19.4. The van der Waals surface area contributed by atoms with Crippen LogP contribution >= 0.6 is 0 Å². The monoisotopic (exact) mass is 363 g/mol. The van der Waals surface area contributed by atoms with Crippen molar-refractivity contribution in [2.45, 2.75) is 49.9 Å². The summed E-state index contributed by atoms with van der Waals surface area (Å²) in [5, 5.41) is 3.89. The highest BCUT2D eigenvalue weighted by Crippen LogP contribution is 2.57. The van der Waals surface area contributed by atoms with Crippen LogP contribution in [0.15, 0.2) is 30.6 Å². The Bertz CT molecular complexity index is 772. The summed E-state index contributed by atoms with van der Waals surface area (Å²) in [6.45, 7) is 2.81. The van der Waals surface area contributed by atoms with Crippen LogP contribution in [0.2, 0.25) is 0 Å². The third-order valence-electron chi connectivity index (χ3n) is 4.98. The van der Waals surface area contributed by atoms with Gasteiger partial charge in [0.1, 0.15) is 12.2 Å². The molecule has 2 heterocycles. The second-order valence-corrected chi connectivity index (χ2v) is 6.80. The van der Waals surface area contributed by atoms with Gasteiger partial charge in [-0.05, 0) is 11.6 Å². The Morgan fingerprint density at radius 3 is 2.08 bits per heavy atom. The summed E-state index contributed by atoms with van der Waals surface area (Å²) in [5.41, 5.74) is -2.95. The van der Waals surface area contributed by atoms with Gasteiger partial charge in [0, 0.05) is 5.41 Å². The third kappa shape index (κ3) is 2.79. The van der Waals surface area contributed by atoms with E-state index in [-0.39, 0.29) is 5.82 Å². The number of aromatic nitrogens is 3. The van der Waals surface area contributed by atoms with Crippen molar-refractivity contribution in [1.82, 2.24) is 14.8 Å². The molecule has 0 bridgehead atoms. The van der Waals surface area contributed by atoms with E-state index in [1.54, 1.807) is 24.3 Å². The molecule has 0 spiro atoms. The van der Waals surface area contributed by atoms with E-state index in [0.29, 0.717) is 11.3 Å². The molecule has 2 aromatic rings. The maximum Gasteiger partial charge on any atom is 0.390 e. The first-order valence-electron chi connectivity index (χ1n) is 7.51. The Labute approximate surface area is 139 Å². The summed E-state index contributed by atoms with van der Waals surface area (Å²) in [4.78, 5) is 3.83. The highest BCUT2D eigenvalue weighted by Gasteiger charge is 2.62. The number of rotatable bonds is 2. The van der Waals surface area contributed by atoms with Crippen LogP contribution in [0.3, 0.4) is 0 Å². The highest BCUT2D eigenvalue weighted by molar-refractivity contribution is 5.52. The molecule has 0 amide bonds. The van der Waals surface area contributed by atoms with E-state index in [4.69, 9.17) is 0 Å². The van der Waals surface area contributed by atoms with E-state index >= 15 is 0 Å². The largest absolute Gasteiger partial charge is 0.390 e. The lowest BCUT2D eigenvalue weighted by atomic mass is 9.56. The number of hydrogen-bond acceptors (Lipinski definition) is 2. The van der Waals surface area contributed by atoms with E-state index in [0.717, 1.165) is 11.0 Å². The second-order valence-electron chi connectivity index (χ2n) is 6.80. The van der Waals surface area contributed by atoms with E-state index in [1.165, 1.54) is 13.8 Å². The lowest BCUT2D eigenvalue weighted by molar-refractivity contribution is -0.191. The quantitative estimate of drug-likeness (QED) is 0.724. The van der Waals surface area contributed by atoms with Gasteiger partial charge < -0.3 is 0 Å². The number of fused-ring (bicyclic) bond motifs is 3. The van der Waals surface area contributed by atoms with E-state index < -0.39 is 36.0 Å². The van der Waals surface area contributed by atoms with E-state index in [9.17, 15) is 26.3 Å². The minimum Gasteiger partial charge on any atom is -0.219 e. The van der Waals surface area contributed by atoms with Gasteiger partial charge in [-0.2, -0.15) is 31.4 Å². The van der Waals surface area contributed by atoms with Gasteiger partial charge in [0.05, 0.1) is 23.9 Å². The number of para-hydroxylation sites is 1. The Morgan fingerprint density at radius 2 is 1.52 bits per heavy atom. The first-order valence-corrected chi connectivity index (χ1v) is 7.51. The SMILES string of the molecule is CC1(C)c2ccccc2-n2ncnc2C1(CC(F)(F)F)CC(F)(F)F. The number of alkyl halides is 6. The number of nitrogens with zero attached hydrogens (tertiary/aromatic N) is 3. The van der Waals surface area contributed by atoms with Crippen molar-refractivity contribution in [3.8, 4) is 5.69 Å². The standard InChI is InChI=1S/C16H15F6N3/c1-13(2)10-5-3-4-6-11(10)25-12(23-9-24-25)14(13,7-15(17,18)19)8-16(20,21)22/h3-6,9H,7-8H2,1-2H3. The molecule has 0 N–H and O–H groups in total. The predicted octanol–water partition coefficient (Wildman–Crippen LogP) is 4.70. The van der Waals surface area contributed by atoms with Crippen molar-refractivity contribution < 1.29 is 26.3 Å². The number of halogens is 6. The van der Waals surface area contributed by atoms with Crippen LogP contribution in [0.1, 0.15) is 38.1 Å². The van der Waals surface area contributed by atoms with Gasteiger partial charge in [-0.25, -0.2) is 9.67 Å². The molecule has 1 aliphatic rings. The molecule has 0 aliphatic carbocycles. The molecule has 0 saturated carbocycles. The van der Waals surface area contributed by atoms with Crippen LogP contribution < -0.4 is 0 Å². The van der Waals surface area contributed by atoms with Crippen LogP contribution in [0.25, 0.3) is 5.69 Å². The molecule has 1 aromatic carbocycles. The molecular formula is C16H15F6N3. The summed E-state index contributed by atoms with van der Waals surface area (Å²) in [6, 6.07) is 6.40. The molecule has 0 fully saturated rings. The van der Waals surface area contributed by atoms with Crippen LogP contribution in [-0.2, 0) is 10.8 Å². The van der Waals surface area contributed by atoms with Gasteiger partial charge >= 0.3 is 12.4 Å². The fourth-order valence-corrected chi connectivity index (χ4v) is 3.82. The zero-order chi connectivity index (χ0) is 18.7. The Kier molecular flexibility index (Phi) is 3.71. The van der Waals surface area contributed by atoms with Crippen molar-refractivity contribution in [2.24, 2.45) is 0 Å². The van der Waals surface area contributed by atoms with Gasteiger partial charge in [0.15, 0.2) is 0 Å². The van der Waals surface area contributed by atoms with E-state index in [1.807, 2.05) is 0 Å². The number of benzene rings is 1. The average Bonchev–Trinajstić information content (AvgIpc) is 2.92. The van der Waals surface area contributed by atoms with Crippen molar-refractivity contribution >= 4 is 0 Å². The van der Waals surface area contributed by atoms with Crippen LogP contribution in [0.5, 0.6) is 0 Å². The molecule has 0 radical (unpaired) electrons. The Balaban J connectivity index is 2.34. The predicted molar refractivity (Wildman–Crippen MR) is 77.4 cm³/mol.